The second-order valence-electron chi connectivity index (χ2n) is 4.92. The van der Waals surface area contributed by atoms with Crippen molar-refractivity contribution in [2.75, 3.05) is 26.7 Å². The lowest BCUT2D eigenvalue weighted by atomic mass is 10.2. The standard InChI is InChI=1S/C12H19N3O3/c1-9-7-14(2)4-3-5-15(9)8-10-6-11(12(16)17)13-18-10/h6,9H,3-5,7-8H2,1-2H3,(H,16,17). The topological polar surface area (TPSA) is 69.8 Å². The molecule has 1 aromatic heterocycles. The molecule has 2 heterocycles. The van der Waals surface area contributed by atoms with E-state index in [0.717, 1.165) is 26.1 Å². The first kappa shape index (κ1) is 13.0. The van der Waals surface area contributed by atoms with Crippen LogP contribution in [0.4, 0.5) is 0 Å². The van der Waals surface area contributed by atoms with Crippen molar-refractivity contribution in [3.05, 3.63) is 17.5 Å². The van der Waals surface area contributed by atoms with Gasteiger partial charge in [-0.2, -0.15) is 0 Å². The van der Waals surface area contributed by atoms with E-state index in [1.807, 2.05) is 0 Å². The van der Waals surface area contributed by atoms with Gasteiger partial charge in [0.2, 0.25) is 0 Å². The molecule has 18 heavy (non-hydrogen) atoms. The van der Waals surface area contributed by atoms with Gasteiger partial charge >= 0.3 is 5.97 Å². The van der Waals surface area contributed by atoms with Gasteiger partial charge in [0.1, 0.15) is 0 Å². The van der Waals surface area contributed by atoms with Crippen LogP contribution in [-0.2, 0) is 6.54 Å². The third kappa shape index (κ3) is 3.08. The Hall–Kier alpha value is -1.40. The van der Waals surface area contributed by atoms with Crippen LogP contribution in [0.2, 0.25) is 0 Å². The zero-order valence-corrected chi connectivity index (χ0v) is 10.8. The molecule has 0 amide bonds. The van der Waals surface area contributed by atoms with Crippen molar-refractivity contribution in [3.63, 3.8) is 0 Å². The third-order valence-electron chi connectivity index (χ3n) is 3.32. The van der Waals surface area contributed by atoms with E-state index < -0.39 is 5.97 Å². The lowest BCUT2D eigenvalue weighted by Gasteiger charge is -2.26. The lowest BCUT2D eigenvalue weighted by molar-refractivity contribution is 0.0685. The molecule has 1 N–H and O–H groups in total. The third-order valence-corrected chi connectivity index (χ3v) is 3.32. The number of rotatable bonds is 3. The van der Waals surface area contributed by atoms with Crippen molar-refractivity contribution in [1.29, 1.82) is 0 Å². The van der Waals surface area contributed by atoms with Gasteiger partial charge in [0.15, 0.2) is 11.5 Å². The Labute approximate surface area is 106 Å². The highest BCUT2D eigenvalue weighted by Crippen LogP contribution is 2.14. The summed E-state index contributed by atoms with van der Waals surface area (Å²) in [6.45, 7) is 5.90. The number of carboxylic acids is 1. The first-order chi connectivity index (χ1) is 8.56. The minimum absolute atomic E-state index is 0.0235. The normalized spacial score (nSPS) is 22.9. The monoisotopic (exact) mass is 253 g/mol. The summed E-state index contributed by atoms with van der Waals surface area (Å²) in [5.41, 5.74) is -0.0235. The first-order valence-corrected chi connectivity index (χ1v) is 6.17. The summed E-state index contributed by atoms with van der Waals surface area (Å²) in [4.78, 5) is 15.3. The van der Waals surface area contributed by atoms with Crippen LogP contribution in [-0.4, -0.2) is 58.8 Å². The average Bonchev–Trinajstić information content (AvgIpc) is 2.70. The second kappa shape index (κ2) is 5.49. The van der Waals surface area contributed by atoms with Crippen LogP contribution < -0.4 is 0 Å². The molecular weight excluding hydrogens is 234 g/mol. The van der Waals surface area contributed by atoms with E-state index in [0.29, 0.717) is 18.3 Å². The smallest absolute Gasteiger partial charge is 0.358 e. The molecule has 0 radical (unpaired) electrons. The molecule has 2 rings (SSSR count). The Morgan fingerprint density at radius 2 is 2.39 bits per heavy atom. The lowest BCUT2D eigenvalue weighted by Crippen LogP contribution is -2.37. The summed E-state index contributed by atoms with van der Waals surface area (Å²) in [5.74, 6) is -0.433. The molecule has 1 saturated heterocycles. The van der Waals surface area contributed by atoms with Crippen molar-refractivity contribution in [3.8, 4) is 0 Å². The highest BCUT2D eigenvalue weighted by Gasteiger charge is 2.21. The Bertz CT molecular complexity index is 418. The molecule has 1 atom stereocenters. The number of likely N-dealkylation sites (N-methyl/N-ethyl adjacent to an activating group) is 1. The van der Waals surface area contributed by atoms with Gasteiger partial charge in [0.05, 0.1) is 6.54 Å². The highest BCUT2D eigenvalue weighted by molar-refractivity contribution is 5.85. The van der Waals surface area contributed by atoms with Gasteiger partial charge in [-0.1, -0.05) is 5.16 Å². The fourth-order valence-electron chi connectivity index (χ4n) is 2.35. The van der Waals surface area contributed by atoms with E-state index in [9.17, 15) is 4.79 Å². The maximum absolute atomic E-state index is 10.7. The summed E-state index contributed by atoms with van der Waals surface area (Å²) in [5, 5.41) is 12.3. The molecule has 0 bridgehead atoms. The van der Waals surface area contributed by atoms with Crippen LogP contribution in [0, 0.1) is 0 Å². The minimum atomic E-state index is -1.05. The van der Waals surface area contributed by atoms with E-state index in [2.05, 4.69) is 28.9 Å². The maximum Gasteiger partial charge on any atom is 0.358 e. The van der Waals surface area contributed by atoms with Crippen LogP contribution in [0.3, 0.4) is 0 Å². The summed E-state index contributed by atoms with van der Waals surface area (Å²) in [6.07, 6.45) is 1.11. The Morgan fingerprint density at radius 1 is 1.61 bits per heavy atom. The number of carboxylic acid groups (broad SMARTS) is 1. The van der Waals surface area contributed by atoms with E-state index in [4.69, 9.17) is 9.63 Å². The Kier molecular flexibility index (Phi) is 3.98. The van der Waals surface area contributed by atoms with Crippen molar-refractivity contribution >= 4 is 5.97 Å². The Morgan fingerprint density at radius 3 is 3.06 bits per heavy atom. The molecule has 0 aromatic carbocycles. The van der Waals surface area contributed by atoms with Gasteiger partial charge in [-0.3, -0.25) is 4.90 Å². The zero-order chi connectivity index (χ0) is 13.1. The molecule has 6 heteroatoms. The molecule has 100 valence electrons. The quantitative estimate of drug-likeness (QED) is 0.863. The molecule has 1 aliphatic heterocycles. The van der Waals surface area contributed by atoms with E-state index in [-0.39, 0.29) is 5.69 Å². The molecular formula is C12H19N3O3. The summed E-state index contributed by atoms with van der Waals surface area (Å²) >= 11 is 0. The van der Waals surface area contributed by atoms with Crippen molar-refractivity contribution in [2.24, 2.45) is 0 Å². The number of nitrogens with zero attached hydrogens (tertiary/aromatic N) is 3. The van der Waals surface area contributed by atoms with Gasteiger partial charge in [-0.15, -0.1) is 0 Å². The molecule has 0 aliphatic carbocycles. The minimum Gasteiger partial charge on any atom is -0.476 e. The van der Waals surface area contributed by atoms with Gasteiger partial charge < -0.3 is 14.5 Å². The van der Waals surface area contributed by atoms with Gasteiger partial charge in [-0.05, 0) is 26.9 Å². The summed E-state index contributed by atoms with van der Waals surface area (Å²) < 4.78 is 5.06. The number of aromatic carboxylic acids is 1. The Balaban J connectivity index is 2.00. The number of carbonyl (C=O) groups is 1. The molecule has 0 saturated carbocycles. The van der Waals surface area contributed by atoms with Crippen LogP contribution >= 0.6 is 0 Å². The van der Waals surface area contributed by atoms with Gasteiger partial charge in [0, 0.05) is 25.2 Å². The number of aromatic nitrogens is 1. The van der Waals surface area contributed by atoms with Gasteiger partial charge in [-0.25, -0.2) is 4.79 Å². The molecule has 1 fully saturated rings. The second-order valence-corrected chi connectivity index (χ2v) is 4.92. The predicted octanol–water partition coefficient (Wildman–Crippen LogP) is 0.899. The van der Waals surface area contributed by atoms with Crippen molar-refractivity contribution in [1.82, 2.24) is 15.0 Å². The van der Waals surface area contributed by atoms with Crippen LogP contribution in [0.15, 0.2) is 10.6 Å². The SMILES string of the molecule is CC1CN(C)CCCN1Cc1cc(C(=O)O)no1. The zero-order valence-electron chi connectivity index (χ0n) is 10.8. The molecule has 1 aliphatic rings. The molecule has 6 nitrogen and oxygen atoms in total. The fourth-order valence-corrected chi connectivity index (χ4v) is 2.35. The largest absolute Gasteiger partial charge is 0.476 e. The van der Waals surface area contributed by atoms with Gasteiger partial charge in [0.25, 0.3) is 0 Å². The maximum atomic E-state index is 10.7. The average molecular weight is 253 g/mol. The van der Waals surface area contributed by atoms with Crippen LogP contribution in [0.25, 0.3) is 0 Å². The van der Waals surface area contributed by atoms with Crippen molar-refractivity contribution in [2.45, 2.75) is 25.9 Å². The predicted molar refractivity (Wildman–Crippen MR) is 65.4 cm³/mol. The number of hydrogen-bond acceptors (Lipinski definition) is 5. The first-order valence-electron chi connectivity index (χ1n) is 6.17. The van der Waals surface area contributed by atoms with Crippen molar-refractivity contribution < 1.29 is 14.4 Å². The molecule has 0 spiro atoms. The molecule has 1 aromatic rings. The fraction of sp³-hybridized carbons (Fsp3) is 0.667. The number of hydrogen-bond donors (Lipinski definition) is 1. The highest BCUT2D eigenvalue weighted by atomic mass is 16.5. The van der Waals surface area contributed by atoms with E-state index in [1.54, 1.807) is 0 Å². The van der Waals surface area contributed by atoms with E-state index >= 15 is 0 Å². The summed E-state index contributed by atoms with van der Waals surface area (Å²) in [7, 11) is 2.12. The molecule has 1 unspecified atom stereocenters. The van der Waals surface area contributed by atoms with E-state index in [1.165, 1.54) is 6.07 Å². The van der Waals surface area contributed by atoms with Crippen LogP contribution in [0.5, 0.6) is 0 Å². The summed E-state index contributed by atoms with van der Waals surface area (Å²) in [6, 6.07) is 1.93. The van der Waals surface area contributed by atoms with Crippen LogP contribution in [0.1, 0.15) is 29.6 Å².